The fourth-order valence-corrected chi connectivity index (χ4v) is 3.54. The van der Waals surface area contributed by atoms with Crippen molar-refractivity contribution in [3.05, 3.63) is 21.5 Å². The zero-order chi connectivity index (χ0) is 16.1. The number of nitrogens with zero attached hydrogens (tertiary/aromatic N) is 3. The van der Waals surface area contributed by atoms with E-state index < -0.39 is 21.4 Å². The molecule has 1 amide bonds. The van der Waals surface area contributed by atoms with Gasteiger partial charge < -0.3 is 9.80 Å². The van der Waals surface area contributed by atoms with Crippen LogP contribution in [0.25, 0.3) is 0 Å². The number of halogens is 2. The smallest absolute Gasteiger partial charge is 0.355 e. The molecule has 0 radical (unpaired) electrons. The molecule has 0 aromatic carbocycles. The normalized spacial score (nSPS) is 20.9. The molecule has 2 aliphatic rings. The van der Waals surface area contributed by atoms with E-state index in [4.69, 9.17) is 23.2 Å². The third-order valence-corrected chi connectivity index (χ3v) is 4.59. The Labute approximate surface area is 140 Å². The van der Waals surface area contributed by atoms with Crippen LogP contribution in [0.1, 0.15) is 38.5 Å². The number of piperidine rings is 2. The van der Waals surface area contributed by atoms with Crippen molar-refractivity contribution in [3.8, 4) is 0 Å². The molecule has 2 rings (SSSR count). The molecule has 2 fully saturated rings. The molecule has 22 heavy (non-hydrogen) atoms. The van der Waals surface area contributed by atoms with Gasteiger partial charge in [-0.2, -0.15) is 0 Å². The van der Waals surface area contributed by atoms with Gasteiger partial charge in [-0.25, -0.2) is 0 Å². The fourth-order valence-electron chi connectivity index (χ4n) is 3.05. The SMILES string of the molecule is O=C(/C(=C(/C(Cl)Cl)N1CCCCC1)[N+](=O)[O-])N1CCCCC1. The third kappa shape index (κ3) is 4.04. The minimum absolute atomic E-state index is 0.156. The van der Waals surface area contributed by atoms with Crippen molar-refractivity contribution in [2.75, 3.05) is 26.2 Å². The standard InChI is InChI=1S/C14H21Cl2N3O3/c15-13(16)11(17-7-3-1-4-8-17)12(19(21)22)14(20)18-9-5-2-6-10-18/h13H,1-10H2/b12-11+. The van der Waals surface area contributed by atoms with E-state index in [1.54, 1.807) is 9.80 Å². The lowest BCUT2D eigenvalue weighted by molar-refractivity contribution is -0.422. The summed E-state index contributed by atoms with van der Waals surface area (Å²) in [6, 6.07) is 0. The maximum Gasteiger partial charge on any atom is 0.355 e. The van der Waals surface area contributed by atoms with E-state index >= 15 is 0 Å². The number of hydrogen-bond acceptors (Lipinski definition) is 4. The quantitative estimate of drug-likeness (QED) is 0.338. The molecule has 2 saturated heterocycles. The highest BCUT2D eigenvalue weighted by Gasteiger charge is 2.37. The van der Waals surface area contributed by atoms with Gasteiger partial charge in [-0.1, -0.05) is 23.2 Å². The van der Waals surface area contributed by atoms with Gasteiger partial charge >= 0.3 is 11.6 Å². The Morgan fingerprint density at radius 2 is 1.36 bits per heavy atom. The van der Waals surface area contributed by atoms with Crippen LogP contribution >= 0.6 is 23.2 Å². The predicted molar refractivity (Wildman–Crippen MR) is 85.4 cm³/mol. The van der Waals surface area contributed by atoms with E-state index in [2.05, 4.69) is 0 Å². The lowest BCUT2D eigenvalue weighted by atomic mass is 10.1. The topological polar surface area (TPSA) is 66.7 Å². The van der Waals surface area contributed by atoms with Gasteiger partial charge in [0.15, 0.2) is 4.84 Å². The molecule has 2 heterocycles. The zero-order valence-electron chi connectivity index (χ0n) is 12.5. The van der Waals surface area contributed by atoms with Crippen molar-refractivity contribution in [2.45, 2.75) is 43.4 Å². The van der Waals surface area contributed by atoms with Gasteiger partial charge in [-0.3, -0.25) is 14.9 Å². The van der Waals surface area contributed by atoms with Crippen molar-refractivity contribution < 1.29 is 9.72 Å². The number of rotatable bonds is 4. The molecular weight excluding hydrogens is 329 g/mol. The minimum atomic E-state index is -1.08. The van der Waals surface area contributed by atoms with E-state index in [0.717, 1.165) is 38.5 Å². The summed E-state index contributed by atoms with van der Waals surface area (Å²) in [5.41, 5.74) is -0.303. The molecular formula is C14H21Cl2N3O3. The molecule has 8 heteroatoms. The van der Waals surface area contributed by atoms with Gasteiger partial charge in [0.05, 0.1) is 4.92 Å². The number of carbonyl (C=O) groups excluding carboxylic acids is 1. The van der Waals surface area contributed by atoms with Gasteiger partial charge in [-0.05, 0) is 38.5 Å². The Hall–Kier alpha value is -1.01. The van der Waals surface area contributed by atoms with Crippen LogP contribution in [0.4, 0.5) is 0 Å². The van der Waals surface area contributed by atoms with Crippen molar-refractivity contribution in [1.29, 1.82) is 0 Å². The van der Waals surface area contributed by atoms with Crippen molar-refractivity contribution in [2.24, 2.45) is 0 Å². The first-order chi connectivity index (χ1) is 10.5. The fraction of sp³-hybridized carbons (Fsp3) is 0.786. The molecule has 0 aliphatic carbocycles. The summed E-state index contributed by atoms with van der Waals surface area (Å²) < 4.78 is 0. The number of amides is 1. The zero-order valence-corrected chi connectivity index (χ0v) is 14.0. The van der Waals surface area contributed by atoms with Crippen LogP contribution in [0.2, 0.25) is 0 Å². The van der Waals surface area contributed by atoms with E-state index in [-0.39, 0.29) is 5.70 Å². The lowest BCUT2D eigenvalue weighted by Gasteiger charge is -2.32. The van der Waals surface area contributed by atoms with Crippen molar-refractivity contribution in [3.63, 3.8) is 0 Å². The van der Waals surface area contributed by atoms with E-state index in [1.807, 2.05) is 0 Å². The summed E-state index contributed by atoms with van der Waals surface area (Å²) in [7, 11) is 0. The highest BCUT2D eigenvalue weighted by Crippen LogP contribution is 2.27. The highest BCUT2D eigenvalue weighted by atomic mass is 35.5. The Morgan fingerprint density at radius 3 is 1.77 bits per heavy atom. The van der Waals surface area contributed by atoms with Crippen LogP contribution in [0.5, 0.6) is 0 Å². The van der Waals surface area contributed by atoms with Gasteiger partial charge in [0.1, 0.15) is 5.70 Å². The molecule has 0 atom stereocenters. The first-order valence-electron chi connectivity index (χ1n) is 7.73. The van der Waals surface area contributed by atoms with E-state index in [0.29, 0.717) is 26.2 Å². The number of likely N-dealkylation sites (tertiary alicyclic amines) is 2. The summed E-state index contributed by atoms with van der Waals surface area (Å²) >= 11 is 12.0. The molecule has 0 unspecified atom stereocenters. The summed E-state index contributed by atoms with van der Waals surface area (Å²) in [5, 5.41) is 11.5. The monoisotopic (exact) mass is 349 g/mol. The maximum absolute atomic E-state index is 12.6. The highest BCUT2D eigenvalue weighted by molar-refractivity contribution is 6.46. The van der Waals surface area contributed by atoms with E-state index in [1.165, 1.54) is 0 Å². The molecule has 0 saturated carbocycles. The summed E-state index contributed by atoms with van der Waals surface area (Å²) in [4.78, 5) is 25.8. The van der Waals surface area contributed by atoms with Crippen LogP contribution in [0, 0.1) is 10.1 Å². The second-order valence-corrected chi connectivity index (χ2v) is 6.79. The second kappa shape index (κ2) is 8.02. The molecule has 0 N–H and O–H groups in total. The van der Waals surface area contributed by atoms with Gasteiger partial charge in [-0.15, -0.1) is 0 Å². The number of nitro groups is 1. The van der Waals surface area contributed by atoms with Crippen LogP contribution in [0.15, 0.2) is 11.4 Å². The van der Waals surface area contributed by atoms with Crippen LogP contribution in [-0.2, 0) is 4.79 Å². The Balaban J connectivity index is 2.34. The Kier molecular flexibility index (Phi) is 6.32. The van der Waals surface area contributed by atoms with Gasteiger partial charge in [0.2, 0.25) is 0 Å². The summed E-state index contributed by atoms with van der Waals surface area (Å²) in [5.74, 6) is -0.559. The van der Waals surface area contributed by atoms with Gasteiger partial charge in [0.25, 0.3) is 0 Å². The predicted octanol–water partition coefficient (Wildman–Crippen LogP) is 2.78. The first-order valence-corrected chi connectivity index (χ1v) is 8.60. The number of hydrogen-bond donors (Lipinski definition) is 0. The molecule has 0 spiro atoms. The number of carbonyl (C=O) groups is 1. The summed E-state index contributed by atoms with van der Waals surface area (Å²) in [6.45, 7) is 2.41. The van der Waals surface area contributed by atoms with Crippen molar-refractivity contribution >= 4 is 29.1 Å². The first kappa shape index (κ1) is 17.3. The third-order valence-electron chi connectivity index (χ3n) is 4.17. The maximum atomic E-state index is 12.6. The molecule has 6 nitrogen and oxygen atoms in total. The van der Waals surface area contributed by atoms with Crippen molar-refractivity contribution in [1.82, 2.24) is 9.80 Å². The second-order valence-electron chi connectivity index (χ2n) is 5.69. The largest absolute Gasteiger partial charge is 0.367 e. The Morgan fingerprint density at radius 1 is 0.909 bits per heavy atom. The minimum Gasteiger partial charge on any atom is -0.367 e. The molecule has 0 aromatic rings. The molecule has 2 aliphatic heterocycles. The number of allylic oxidation sites excluding steroid dienone is 1. The molecule has 0 aromatic heterocycles. The van der Waals surface area contributed by atoms with Crippen LogP contribution in [0.3, 0.4) is 0 Å². The Bertz CT molecular complexity index is 456. The van der Waals surface area contributed by atoms with Crippen LogP contribution < -0.4 is 0 Å². The van der Waals surface area contributed by atoms with Gasteiger partial charge in [0, 0.05) is 26.2 Å². The lowest BCUT2D eigenvalue weighted by Crippen LogP contribution is -2.42. The average Bonchev–Trinajstić information content (AvgIpc) is 2.52. The van der Waals surface area contributed by atoms with Crippen LogP contribution in [-0.4, -0.2) is 51.6 Å². The average molecular weight is 350 g/mol. The van der Waals surface area contributed by atoms with E-state index in [9.17, 15) is 14.9 Å². The number of alkyl halides is 2. The molecule has 0 bridgehead atoms. The summed E-state index contributed by atoms with van der Waals surface area (Å²) in [6.07, 6.45) is 5.72. The molecule has 124 valence electrons.